The number of hydrogen-bond donors (Lipinski definition) is 5. The maximum Gasteiger partial charge on any atom is 0.230 e. The van der Waals surface area contributed by atoms with Crippen molar-refractivity contribution in [2.75, 3.05) is 40.4 Å². The number of aliphatic hydroxyl groups excluding tert-OH is 2. The third-order valence-corrected chi connectivity index (χ3v) is 9.04. The molecule has 40 heavy (non-hydrogen) atoms. The Morgan fingerprint density at radius 2 is 1.85 bits per heavy atom. The molecule has 4 aliphatic rings. The summed E-state index contributed by atoms with van der Waals surface area (Å²) in [5, 5.41) is 44.7. The van der Waals surface area contributed by atoms with Gasteiger partial charge < -0.3 is 40.7 Å². The number of ether oxygens (including phenoxy) is 1. The fourth-order valence-corrected chi connectivity index (χ4v) is 7.12. The standard InChI is InChI=1S/C28H35N3O9/c1-30(2)22-16-12-14-11-15-13(4-6-18(33)31-7-9-40-10-8-31)3-5-17(32)20(15)23(34)19(14)25(36)28(16,39)26(37)21(24(22)35)27(29)38/h3,5,14,16,21-22,24,32,34-35,39H,4,6-12H2,1-2H3,(H2,29,38)/t14-,16-,21?,22-,24?,28-/m1/s1. The Balaban J connectivity index is 1.53. The first-order chi connectivity index (χ1) is 18.9. The molecule has 6 N–H and O–H groups in total. The fourth-order valence-electron chi connectivity index (χ4n) is 7.12. The molecule has 5 rings (SSSR count). The number of aryl methyl sites for hydroxylation is 1. The van der Waals surface area contributed by atoms with Crippen LogP contribution >= 0.6 is 0 Å². The number of morpholine rings is 1. The molecule has 2 saturated carbocycles. The molecule has 6 atom stereocenters. The van der Waals surface area contributed by atoms with Gasteiger partial charge in [0.15, 0.2) is 11.4 Å². The molecule has 0 spiro atoms. The van der Waals surface area contributed by atoms with E-state index in [1.807, 2.05) is 0 Å². The number of hydrogen-bond acceptors (Lipinski definition) is 10. The van der Waals surface area contributed by atoms with Crippen LogP contribution in [0.1, 0.15) is 29.5 Å². The first-order valence-electron chi connectivity index (χ1n) is 13.5. The lowest BCUT2D eigenvalue weighted by molar-refractivity contribution is -0.184. The topological polar surface area (TPSA) is 191 Å². The second-order valence-corrected chi connectivity index (χ2v) is 11.4. The quantitative estimate of drug-likeness (QED) is 0.278. The van der Waals surface area contributed by atoms with Crippen LogP contribution in [0, 0.1) is 17.8 Å². The van der Waals surface area contributed by atoms with Crippen molar-refractivity contribution in [3.05, 3.63) is 34.4 Å². The van der Waals surface area contributed by atoms with Crippen LogP contribution in [0.25, 0.3) is 5.76 Å². The molecule has 1 aromatic rings. The van der Waals surface area contributed by atoms with E-state index in [9.17, 15) is 39.6 Å². The predicted molar refractivity (Wildman–Crippen MR) is 140 cm³/mol. The molecule has 1 saturated heterocycles. The van der Waals surface area contributed by atoms with Crippen LogP contribution in [0.2, 0.25) is 0 Å². The van der Waals surface area contributed by atoms with Gasteiger partial charge in [-0.1, -0.05) is 6.07 Å². The zero-order valence-corrected chi connectivity index (χ0v) is 22.5. The minimum atomic E-state index is -2.69. The highest BCUT2D eigenvalue weighted by molar-refractivity contribution is 6.25. The highest BCUT2D eigenvalue weighted by atomic mass is 16.5. The number of benzene rings is 1. The van der Waals surface area contributed by atoms with E-state index in [0.717, 1.165) is 5.56 Å². The SMILES string of the molecule is CN(C)[C@H]1C(O)C(C(N)=O)C(=O)[C@]2(O)C(=O)C3=C(O)c4c(O)ccc(CCC(=O)N5CCOCC5)c4C[C@@H]3C[C@H]12. The molecule has 2 amide bonds. The van der Waals surface area contributed by atoms with Crippen LogP contribution in [0.5, 0.6) is 5.75 Å². The van der Waals surface area contributed by atoms with Gasteiger partial charge in [-0.25, -0.2) is 0 Å². The molecule has 2 unspecified atom stereocenters. The normalized spacial score (nSPS) is 32.0. The number of primary amides is 1. The van der Waals surface area contributed by atoms with Crippen LogP contribution in [-0.4, -0.2) is 112 Å². The molecular formula is C28H35N3O9. The second kappa shape index (κ2) is 10.3. The van der Waals surface area contributed by atoms with Gasteiger partial charge in [-0.15, -0.1) is 0 Å². The number of aliphatic hydroxyl groups is 3. The lowest BCUT2D eigenvalue weighted by atomic mass is 9.54. The zero-order chi connectivity index (χ0) is 29.1. The van der Waals surface area contributed by atoms with Gasteiger partial charge >= 0.3 is 0 Å². The van der Waals surface area contributed by atoms with Gasteiger partial charge in [-0.05, 0) is 56.5 Å². The maximum absolute atomic E-state index is 13.9. The van der Waals surface area contributed by atoms with E-state index in [2.05, 4.69) is 0 Å². The van der Waals surface area contributed by atoms with Crippen molar-refractivity contribution in [3.8, 4) is 5.75 Å². The number of aromatic hydroxyl groups is 1. The van der Waals surface area contributed by atoms with E-state index < -0.39 is 58.7 Å². The lowest BCUT2D eigenvalue weighted by Crippen LogP contribution is -2.73. The minimum absolute atomic E-state index is 0.0249. The number of likely N-dealkylation sites (N-methyl/N-ethyl adjacent to an activating group) is 1. The predicted octanol–water partition coefficient (Wildman–Crippen LogP) is -1.08. The Hall–Kier alpha value is -3.32. The van der Waals surface area contributed by atoms with Gasteiger partial charge in [0.2, 0.25) is 17.6 Å². The van der Waals surface area contributed by atoms with Gasteiger partial charge in [-0.2, -0.15) is 0 Å². The van der Waals surface area contributed by atoms with Crippen LogP contribution in [0.4, 0.5) is 0 Å². The molecule has 0 bridgehead atoms. The molecule has 1 aromatic carbocycles. The number of amides is 2. The molecule has 1 aliphatic heterocycles. The molecule has 3 fully saturated rings. The van der Waals surface area contributed by atoms with Gasteiger partial charge in [0.05, 0.1) is 24.9 Å². The van der Waals surface area contributed by atoms with Crippen molar-refractivity contribution >= 4 is 29.1 Å². The Kier molecular flexibility index (Phi) is 7.24. The molecule has 0 aromatic heterocycles. The van der Waals surface area contributed by atoms with Crippen molar-refractivity contribution in [1.82, 2.24) is 9.80 Å². The molecule has 0 radical (unpaired) electrons. The highest BCUT2D eigenvalue weighted by Gasteiger charge is 2.67. The van der Waals surface area contributed by atoms with Crippen molar-refractivity contribution < 1.29 is 44.3 Å². The molecular weight excluding hydrogens is 522 g/mol. The van der Waals surface area contributed by atoms with E-state index in [-0.39, 0.29) is 42.1 Å². The van der Waals surface area contributed by atoms with Crippen LogP contribution in [0.3, 0.4) is 0 Å². The third kappa shape index (κ3) is 4.21. The zero-order valence-electron chi connectivity index (χ0n) is 22.5. The van der Waals surface area contributed by atoms with Crippen LogP contribution in [-0.2, 0) is 36.8 Å². The highest BCUT2D eigenvalue weighted by Crippen LogP contribution is 2.52. The number of carbonyl (C=O) groups excluding carboxylic acids is 4. The number of carbonyl (C=O) groups is 4. The first kappa shape index (κ1) is 28.2. The van der Waals surface area contributed by atoms with Gasteiger partial charge in [-0.3, -0.25) is 19.2 Å². The summed E-state index contributed by atoms with van der Waals surface area (Å²) in [6, 6.07) is 2.11. The number of ketones is 2. The summed E-state index contributed by atoms with van der Waals surface area (Å²) in [4.78, 5) is 55.5. The first-order valence-corrected chi connectivity index (χ1v) is 13.5. The number of phenolic OH excluding ortho intramolecular Hbond substituents is 1. The smallest absolute Gasteiger partial charge is 0.230 e. The van der Waals surface area contributed by atoms with Gasteiger partial charge in [0.1, 0.15) is 17.4 Å². The summed E-state index contributed by atoms with van der Waals surface area (Å²) in [6.07, 6.45) is -0.753. The van der Waals surface area contributed by atoms with Crippen LogP contribution < -0.4 is 5.73 Å². The molecule has 1 heterocycles. The molecule has 12 nitrogen and oxygen atoms in total. The minimum Gasteiger partial charge on any atom is -0.507 e. The van der Waals surface area contributed by atoms with E-state index in [4.69, 9.17) is 10.5 Å². The second-order valence-electron chi connectivity index (χ2n) is 11.4. The Bertz CT molecular complexity index is 1300. The van der Waals surface area contributed by atoms with E-state index in [0.29, 0.717) is 38.3 Å². The third-order valence-electron chi connectivity index (χ3n) is 9.04. The summed E-state index contributed by atoms with van der Waals surface area (Å²) in [7, 11) is 3.21. The van der Waals surface area contributed by atoms with E-state index in [1.165, 1.54) is 6.07 Å². The molecule has 3 aliphatic carbocycles. The maximum atomic E-state index is 13.9. The summed E-state index contributed by atoms with van der Waals surface area (Å²) in [6.45, 7) is 2.00. The number of rotatable bonds is 5. The Labute approximate surface area is 231 Å². The number of phenols is 1. The van der Waals surface area contributed by atoms with E-state index >= 15 is 0 Å². The summed E-state index contributed by atoms with van der Waals surface area (Å²) < 4.78 is 5.31. The number of Topliss-reactive ketones (excluding diaryl/α,β-unsaturated/α-hetero) is 2. The average Bonchev–Trinajstić information content (AvgIpc) is 2.90. The fraction of sp³-hybridized carbons (Fsp3) is 0.571. The number of nitrogens with zero attached hydrogens (tertiary/aromatic N) is 2. The van der Waals surface area contributed by atoms with Crippen molar-refractivity contribution in [2.24, 2.45) is 23.5 Å². The van der Waals surface area contributed by atoms with Crippen molar-refractivity contribution in [2.45, 2.75) is 43.4 Å². The monoisotopic (exact) mass is 557 g/mol. The lowest BCUT2D eigenvalue weighted by Gasteiger charge is -2.53. The van der Waals surface area contributed by atoms with Crippen molar-refractivity contribution in [1.29, 1.82) is 0 Å². The summed E-state index contributed by atoms with van der Waals surface area (Å²) in [5.41, 5.74) is 3.85. The van der Waals surface area contributed by atoms with Crippen LogP contribution in [0.15, 0.2) is 17.7 Å². The van der Waals surface area contributed by atoms with E-state index in [1.54, 1.807) is 30.0 Å². The Morgan fingerprint density at radius 1 is 1.18 bits per heavy atom. The van der Waals surface area contributed by atoms with Gasteiger partial charge in [0.25, 0.3) is 0 Å². The molecule has 216 valence electrons. The summed E-state index contributed by atoms with van der Waals surface area (Å²) in [5.74, 6) is -7.80. The molecule has 12 heteroatoms. The number of nitrogens with two attached hydrogens (primary N) is 1. The summed E-state index contributed by atoms with van der Waals surface area (Å²) >= 11 is 0. The van der Waals surface area contributed by atoms with Gasteiger partial charge in [0, 0.05) is 37.0 Å². The van der Waals surface area contributed by atoms with Crippen molar-refractivity contribution in [3.63, 3.8) is 0 Å². The Morgan fingerprint density at radius 3 is 2.48 bits per heavy atom. The largest absolute Gasteiger partial charge is 0.507 e. The number of fused-ring (bicyclic) bond motifs is 3. The average molecular weight is 558 g/mol.